The van der Waals surface area contributed by atoms with Gasteiger partial charge in [0, 0.05) is 23.3 Å². The SMILES string of the molecule is CC(C)(Oc1ccc(C(=O)c2ccc(Cl)cc2)cc1)C(=O)O.CO.Nc1nn[nH]n1. The minimum Gasteiger partial charge on any atom is -0.478 e. The molecular weight excluding hydrogens is 414 g/mol. The Kier molecular flexibility index (Phi) is 9.40. The van der Waals surface area contributed by atoms with Crippen LogP contribution < -0.4 is 10.5 Å². The van der Waals surface area contributed by atoms with Gasteiger partial charge < -0.3 is 20.7 Å². The van der Waals surface area contributed by atoms with Gasteiger partial charge in [0.25, 0.3) is 5.95 Å². The molecule has 0 aliphatic heterocycles. The average molecular weight is 436 g/mol. The summed E-state index contributed by atoms with van der Waals surface area (Å²) in [5.41, 5.74) is 4.65. The molecule has 1 aromatic heterocycles. The van der Waals surface area contributed by atoms with E-state index < -0.39 is 11.6 Å². The van der Waals surface area contributed by atoms with Crippen molar-refractivity contribution in [2.24, 2.45) is 0 Å². The summed E-state index contributed by atoms with van der Waals surface area (Å²) >= 11 is 5.79. The zero-order valence-electron chi connectivity index (χ0n) is 16.5. The topological polar surface area (TPSA) is 164 Å². The van der Waals surface area contributed by atoms with Gasteiger partial charge in [0.2, 0.25) is 0 Å². The molecule has 0 fully saturated rings. The van der Waals surface area contributed by atoms with Crippen LogP contribution in [0.3, 0.4) is 0 Å². The highest BCUT2D eigenvalue weighted by Crippen LogP contribution is 2.21. The maximum absolute atomic E-state index is 12.3. The quantitative estimate of drug-likeness (QED) is 0.439. The molecule has 10 nitrogen and oxygen atoms in total. The maximum atomic E-state index is 12.3. The first kappa shape index (κ1) is 24.5. The van der Waals surface area contributed by atoms with E-state index in [1.807, 2.05) is 0 Å². The number of hydrogen-bond acceptors (Lipinski definition) is 8. The van der Waals surface area contributed by atoms with Gasteiger partial charge in [-0.05, 0) is 67.6 Å². The molecule has 0 aliphatic carbocycles. The van der Waals surface area contributed by atoms with Crippen molar-refractivity contribution in [2.75, 3.05) is 12.8 Å². The largest absolute Gasteiger partial charge is 0.478 e. The van der Waals surface area contributed by atoms with Gasteiger partial charge in [-0.2, -0.15) is 5.21 Å². The Bertz CT molecular complexity index is 929. The lowest BCUT2D eigenvalue weighted by molar-refractivity contribution is -0.152. The Hall–Kier alpha value is -3.50. The maximum Gasteiger partial charge on any atom is 0.347 e. The number of ketones is 1. The number of anilines is 1. The molecule has 5 N–H and O–H groups in total. The molecule has 0 aliphatic rings. The number of aromatic amines is 1. The van der Waals surface area contributed by atoms with Crippen LogP contribution in [-0.2, 0) is 4.79 Å². The fourth-order valence-corrected chi connectivity index (χ4v) is 2.08. The van der Waals surface area contributed by atoms with E-state index in [9.17, 15) is 9.59 Å². The van der Waals surface area contributed by atoms with Gasteiger partial charge in [-0.3, -0.25) is 4.79 Å². The molecule has 0 saturated carbocycles. The van der Waals surface area contributed by atoms with Crippen LogP contribution in [0.4, 0.5) is 5.95 Å². The molecule has 2 aromatic carbocycles. The van der Waals surface area contributed by atoms with Crippen molar-refractivity contribution >= 4 is 29.3 Å². The van der Waals surface area contributed by atoms with Crippen LogP contribution in [0.5, 0.6) is 5.75 Å². The van der Waals surface area contributed by atoms with Crippen LogP contribution in [0, 0.1) is 0 Å². The van der Waals surface area contributed by atoms with Gasteiger partial charge in [-0.1, -0.05) is 16.7 Å². The van der Waals surface area contributed by atoms with Crippen molar-refractivity contribution in [3.63, 3.8) is 0 Å². The number of ether oxygens (including phenoxy) is 1. The number of aliphatic carboxylic acids is 1. The third-order valence-electron chi connectivity index (χ3n) is 3.47. The Morgan fingerprint density at radius 3 is 1.90 bits per heavy atom. The summed E-state index contributed by atoms with van der Waals surface area (Å²) in [6, 6.07) is 13.0. The van der Waals surface area contributed by atoms with E-state index in [4.69, 9.17) is 32.3 Å². The van der Waals surface area contributed by atoms with Crippen molar-refractivity contribution in [2.45, 2.75) is 19.4 Å². The minimum atomic E-state index is -1.33. The molecule has 3 aromatic rings. The number of halogens is 1. The van der Waals surface area contributed by atoms with E-state index in [2.05, 4.69) is 20.6 Å². The average Bonchev–Trinajstić information content (AvgIpc) is 3.21. The van der Waals surface area contributed by atoms with Crippen molar-refractivity contribution in [3.8, 4) is 5.75 Å². The second kappa shape index (κ2) is 11.5. The molecule has 11 heteroatoms. The van der Waals surface area contributed by atoms with Crippen LogP contribution in [0.1, 0.15) is 29.8 Å². The predicted molar refractivity (Wildman–Crippen MR) is 110 cm³/mol. The number of hydrogen-bond donors (Lipinski definition) is 4. The number of nitrogen functional groups attached to an aromatic ring is 1. The fraction of sp³-hybridized carbons (Fsp3) is 0.211. The smallest absolute Gasteiger partial charge is 0.347 e. The first-order valence-corrected chi connectivity index (χ1v) is 8.83. The van der Waals surface area contributed by atoms with Crippen LogP contribution in [0.2, 0.25) is 5.02 Å². The lowest BCUT2D eigenvalue weighted by Gasteiger charge is -2.21. The lowest BCUT2D eigenvalue weighted by atomic mass is 10.0. The normalized spacial score (nSPS) is 10.0. The second-order valence-electron chi connectivity index (χ2n) is 6.05. The van der Waals surface area contributed by atoms with Crippen LogP contribution in [0.15, 0.2) is 48.5 Å². The number of benzene rings is 2. The van der Waals surface area contributed by atoms with Gasteiger partial charge in [-0.15, -0.1) is 5.10 Å². The van der Waals surface area contributed by atoms with Crippen LogP contribution in [-0.4, -0.2) is 55.3 Å². The Morgan fingerprint density at radius 1 is 1.03 bits per heavy atom. The molecule has 0 radical (unpaired) electrons. The molecule has 3 rings (SSSR count). The van der Waals surface area contributed by atoms with Gasteiger partial charge >= 0.3 is 5.97 Å². The number of nitrogens with one attached hydrogen (secondary N) is 1. The molecule has 0 unspecified atom stereocenters. The summed E-state index contributed by atoms with van der Waals surface area (Å²) in [5, 5.41) is 28.6. The Balaban J connectivity index is 0.000000474. The van der Waals surface area contributed by atoms with Crippen molar-refractivity contribution in [1.29, 1.82) is 0 Å². The number of aliphatic hydroxyl groups excluding tert-OH is 1. The summed E-state index contributed by atoms with van der Waals surface area (Å²) in [6.07, 6.45) is 0. The van der Waals surface area contributed by atoms with Gasteiger partial charge in [0.15, 0.2) is 11.4 Å². The van der Waals surface area contributed by atoms with E-state index in [0.717, 1.165) is 7.11 Å². The third-order valence-corrected chi connectivity index (χ3v) is 3.72. The monoisotopic (exact) mass is 435 g/mol. The molecular formula is C19H22ClN5O5. The summed E-state index contributed by atoms with van der Waals surface area (Å²) in [5.74, 6) is -0.635. The van der Waals surface area contributed by atoms with Crippen molar-refractivity contribution in [3.05, 3.63) is 64.7 Å². The van der Waals surface area contributed by atoms with Crippen molar-refractivity contribution < 1.29 is 24.5 Å². The number of tetrazole rings is 1. The standard InChI is InChI=1S/C17H15ClO4.CH3N5.CH4O/c1-17(2,16(20)21)22-14-9-5-12(6-10-14)15(19)11-3-7-13(18)8-4-11;2-1-3-5-6-4-1;1-2/h3-10H,1-2H3,(H,20,21);(H3,2,3,4,5,6);2H,1H3. The highest BCUT2D eigenvalue weighted by atomic mass is 35.5. The molecule has 160 valence electrons. The zero-order valence-corrected chi connectivity index (χ0v) is 17.3. The van der Waals surface area contributed by atoms with Crippen LogP contribution >= 0.6 is 11.6 Å². The highest BCUT2D eigenvalue weighted by molar-refractivity contribution is 6.30. The third kappa shape index (κ3) is 7.49. The number of H-pyrrole nitrogens is 1. The number of nitrogens with zero attached hydrogens (tertiary/aromatic N) is 3. The summed E-state index contributed by atoms with van der Waals surface area (Å²) in [7, 11) is 1.00. The summed E-state index contributed by atoms with van der Waals surface area (Å²) < 4.78 is 5.39. The number of rotatable bonds is 5. The minimum absolute atomic E-state index is 0.138. The second-order valence-corrected chi connectivity index (χ2v) is 6.48. The molecule has 1 heterocycles. The number of carboxylic acid groups (broad SMARTS) is 1. The fourth-order valence-electron chi connectivity index (χ4n) is 1.95. The zero-order chi connectivity index (χ0) is 22.7. The first-order chi connectivity index (χ1) is 14.2. The number of carbonyl (C=O) groups is 2. The van der Waals surface area contributed by atoms with Crippen LogP contribution in [0.25, 0.3) is 0 Å². The molecule has 0 amide bonds. The molecule has 30 heavy (non-hydrogen) atoms. The lowest BCUT2D eigenvalue weighted by Crippen LogP contribution is -2.37. The Labute approximate surface area is 177 Å². The first-order valence-electron chi connectivity index (χ1n) is 8.45. The van der Waals surface area contributed by atoms with E-state index in [-0.39, 0.29) is 11.7 Å². The molecule has 0 saturated heterocycles. The summed E-state index contributed by atoms with van der Waals surface area (Å²) in [6.45, 7) is 2.92. The van der Waals surface area contributed by atoms with Gasteiger partial charge in [0.05, 0.1) is 0 Å². The summed E-state index contributed by atoms with van der Waals surface area (Å²) in [4.78, 5) is 23.3. The molecule has 0 spiro atoms. The molecule has 0 bridgehead atoms. The number of aliphatic hydroxyl groups is 1. The highest BCUT2D eigenvalue weighted by Gasteiger charge is 2.29. The molecule has 0 atom stereocenters. The number of nitrogens with two attached hydrogens (primary N) is 1. The Morgan fingerprint density at radius 2 is 1.53 bits per heavy atom. The number of aromatic nitrogens is 4. The van der Waals surface area contributed by atoms with E-state index in [1.54, 1.807) is 48.5 Å². The van der Waals surface area contributed by atoms with E-state index in [0.29, 0.717) is 21.9 Å². The van der Waals surface area contributed by atoms with E-state index in [1.165, 1.54) is 13.8 Å². The van der Waals surface area contributed by atoms with E-state index >= 15 is 0 Å². The van der Waals surface area contributed by atoms with Gasteiger partial charge in [-0.25, -0.2) is 4.79 Å². The number of carbonyl (C=O) groups excluding carboxylic acids is 1. The van der Waals surface area contributed by atoms with Crippen molar-refractivity contribution in [1.82, 2.24) is 20.6 Å². The number of carboxylic acids is 1. The van der Waals surface area contributed by atoms with Gasteiger partial charge in [0.1, 0.15) is 5.75 Å². The predicted octanol–water partition coefficient (Wildman–Crippen LogP) is 2.20.